The molecule has 0 fully saturated rings. The molecule has 6 rings (SSSR count). The summed E-state index contributed by atoms with van der Waals surface area (Å²) in [4.78, 5) is 20.5. The highest BCUT2D eigenvalue weighted by atomic mass is 32.2. The Hall–Kier alpha value is -4.72. The van der Waals surface area contributed by atoms with Gasteiger partial charge in [0.05, 0.1) is 22.8 Å². The summed E-state index contributed by atoms with van der Waals surface area (Å²) in [5.41, 5.74) is 7.37. The van der Waals surface area contributed by atoms with Crippen molar-refractivity contribution < 1.29 is 19.8 Å². The van der Waals surface area contributed by atoms with Crippen molar-refractivity contribution in [2.24, 2.45) is 4.99 Å². The lowest BCUT2D eigenvalue weighted by Crippen LogP contribution is -2.82. The predicted molar refractivity (Wildman–Crippen MR) is 191 cm³/mol. The van der Waals surface area contributed by atoms with Gasteiger partial charge >= 0.3 is 5.91 Å². The Labute approximate surface area is 281 Å². The Bertz CT molecular complexity index is 1940. The van der Waals surface area contributed by atoms with Crippen molar-refractivity contribution in [2.75, 3.05) is 11.9 Å². The molecule has 4 aromatic carbocycles. The van der Waals surface area contributed by atoms with E-state index in [1.807, 2.05) is 66.4 Å². The molecule has 1 amide bonds. The van der Waals surface area contributed by atoms with Crippen LogP contribution in [0.4, 0.5) is 17.1 Å². The van der Waals surface area contributed by atoms with Crippen LogP contribution in [0, 0.1) is 13.8 Å². The second kappa shape index (κ2) is 14.8. The van der Waals surface area contributed by atoms with E-state index < -0.39 is 0 Å². The van der Waals surface area contributed by atoms with Crippen molar-refractivity contribution in [3.63, 3.8) is 0 Å². The van der Waals surface area contributed by atoms with Gasteiger partial charge in [-0.05, 0) is 71.0 Å². The van der Waals surface area contributed by atoms with Gasteiger partial charge in [-0.15, -0.1) is 0 Å². The molecule has 0 atom stereocenters. The molecule has 1 aliphatic rings. The number of carbonyl (C=O) groups is 1. The zero-order valence-corrected chi connectivity index (χ0v) is 28.1. The topological polar surface area (TPSA) is 76.2 Å². The fraction of sp³-hybridized carbons (Fsp3) is 0.225. The number of nitrogens with zero attached hydrogens (tertiary/aromatic N) is 3. The summed E-state index contributed by atoms with van der Waals surface area (Å²) in [6.45, 7) is 5.29. The number of fused-ring (bicyclic) bond motifs is 2. The van der Waals surface area contributed by atoms with Gasteiger partial charge in [0.15, 0.2) is 11.4 Å². The third-order valence-electron chi connectivity index (χ3n) is 8.67. The summed E-state index contributed by atoms with van der Waals surface area (Å²) in [6.07, 6.45) is 5.93. The molecule has 238 valence electrons. The number of aliphatic imine (C=N–C) groups is 1. The fourth-order valence-corrected chi connectivity index (χ4v) is 7.34. The molecule has 0 saturated carbocycles. The van der Waals surface area contributed by atoms with Gasteiger partial charge in [0.2, 0.25) is 0 Å². The molecule has 1 aromatic heterocycles. The van der Waals surface area contributed by atoms with Gasteiger partial charge in [-0.2, -0.15) is 0 Å². The van der Waals surface area contributed by atoms with E-state index >= 15 is 0 Å². The van der Waals surface area contributed by atoms with Gasteiger partial charge in [-0.1, -0.05) is 66.4 Å². The Kier molecular flexibility index (Phi) is 10.1. The number of rotatable bonds is 11. The maximum absolute atomic E-state index is 12.7. The average Bonchev–Trinajstić information content (AvgIpc) is 3.37. The molecule has 2 N–H and O–H groups in total. The Morgan fingerprint density at radius 3 is 2.40 bits per heavy atom. The van der Waals surface area contributed by atoms with Crippen molar-refractivity contribution in [1.82, 2.24) is 0 Å². The Morgan fingerprint density at radius 1 is 0.894 bits per heavy atom. The van der Waals surface area contributed by atoms with Crippen LogP contribution >= 0.6 is 11.8 Å². The average molecular weight is 642 g/mol. The van der Waals surface area contributed by atoms with Crippen LogP contribution in [0.1, 0.15) is 48.2 Å². The second-order valence-corrected chi connectivity index (χ2v) is 13.2. The first-order valence-corrected chi connectivity index (χ1v) is 17.1. The van der Waals surface area contributed by atoms with E-state index in [-0.39, 0.29) is 18.2 Å². The minimum absolute atomic E-state index is 0.121. The first kappa shape index (κ1) is 32.2. The van der Waals surface area contributed by atoms with Crippen LogP contribution in [-0.2, 0) is 17.8 Å². The number of aryl methyl sites for hydroxylation is 2. The van der Waals surface area contributed by atoms with E-state index in [1.54, 1.807) is 17.4 Å². The number of anilines is 1. The first-order valence-electron chi connectivity index (χ1n) is 16.3. The molecule has 0 aliphatic carbocycles. The molecule has 7 heteroatoms. The zero-order valence-electron chi connectivity index (χ0n) is 27.3. The van der Waals surface area contributed by atoms with E-state index in [4.69, 9.17) is 0 Å². The Morgan fingerprint density at radius 2 is 1.62 bits per heavy atom. The van der Waals surface area contributed by atoms with Crippen LogP contribution in [0.3, 0.4) is 0 Å². The molecule has 0 spiro atoms. The highest BCUT2D eigenvalue weighted by Crippen LogP contribution is 2.45. The van der Waals surface area contributed by atoms with Crippen molar-refractivity contribution in [2.45, 2.75) is 57.4 Å². The molecule has 1 aliphatic heterocycles. The number of aromatic nitrogens is 1. The molecule has 0 saturated heterocycles. The van der Waals surface area contributed by atoms with Gasteiger partial charge in [-0.25, -0.2) is 9.36 Å². The Balaban J connectivity index is 0.944. The summed E-state index contributed by atoms with van der Waals surface area (Å²) < 4.78 is 2.37. The van der Waals surface area contributed by atoms with Gasteiger partial charge in [0, 0.05) is 62.9 Å². The number of amides is 1. The minimum Gasteiger partial charge on any atom is -0.861 e. The molecular formula is C40H41N4O2S+. The van der Waals surface area contributed by atoms with Crippen LogP contribution in [0.5, 0.6) is 0 Å². The number of unbranched alkanes of at least 4 members (excludes halogenated alkanes) is 2. The number of hydrogen-bond donors (Lipinski definition) is 1. The highest BCUT2D eigenvalue weighted by molar-refractivity contribution is 8.03. The van der Waals surface area contributed by atoms with Crippen molar-refractivity contribution in [3.05, 3.63) is 131 Å². The number of benzene rings is 4. The number of nitrogens with two attached hydrogens (primary N) is 1. The second-order valence-electron chi connectivity index (χ2n) is 12.2. The summed E-state index contributed by atoms with van der Waals surface area (Å²) in [7, 11) is 2.13. The molecule has 2 heterocycles. The van der Waals surface area contributed by atoms with Crippen molar-refractivity contribution in [3.8, 4) is 0 Å². The first-order chi connectivity index (χ1) is 22.8. The van der Waals surface area contributed by atoms with E-state index in [1.165, 1.54) is 32.6 Å². The number of quaternary nitrogens is 1. The van der Waals surface area contributed by atoms with Crippen LogP contribution < -0.4 is 19.9 Å². The number of para-hydroxylation sites is 1. The largest absolute Gasteiger partial charge is 0.861 e. The lowest BCUT2D eigenvalue weighted by molar-refractivity contribution is -0.709. The van der Waals surface area contributed by atoms with Gasteiger partial charge in [-0.3, -0.25) is 10.3 Å². The number of hydrogen-bond acceptors (Lipinski definition) is 5. The number of pyridine rings is 1. The maximum atomic E-state index is 12.7. The molecule has 0 radical (unpaired) electrons. The third-order valence-corrected chi connectivity index (χ3v) is 9.83. The van der Waals surface area contributed by atoms with E-state index in [9.17, 15) is 9.90 Å². The molecule has 5 aromatic rings. The minimum atomic E-state index is -0.187. The van der Waals surface area contributed by atoms with Crippen LogP contribution in [-0.4, -0.2) is 18.9 Å². The summed E-state index contributed by atoms with van der Waals surface area (Å²) in [6, 6.07) is 34.4. The lowest BCUT2D eigenvalue weighted by atomic mass is 10.0. The predicted octanol–water partition coefficient (Wildman–Crippen LogP) is 6.90. The summed E-state index contributed by atoms with van der Waals surface area (Å²) >= 11 is 1.81. The van der Waals surface area contributed by atoms with Gasteiger partial charge in [0.1, 0.15) is 12.2 Å². The number of thioether (sulfide) groups is 1. The van der Waals surface area contributed by atoms with E-state index in [0.717, 1.165) is 47.8 Å². The number of carbonyl (C=O) groups excluding carboxylic acids is 1. The van der Waals surface area contributed by atoms with Crippen LogP contribution in [0.25, 0.3) is 16.8 Å². The standard InChI is InChI=1S/C40H40N4O2S/c1-28-24-30(26-40-43(3)36-16-8-9-17-37(36)47-40)25-29(2)44(28)23-10-4-5-18-38(45)41-33-19-21-34(22-20-33)42-39(46)27-32-14-11-13-31-12-6-7-15-35(31)32/h6-9,11-17,19-22,24-26H,4-5,10,18,23,27H2,1-3H3,(H-,41,42,45,46)/p+1. The van der Waals surface area contributed by atoms with Gasteiger partial charge in [0.25, 0.3) is 0 Å². The highest BCUT2D eigenvalue weighted by Gasteiger charge is 2.22. The summed E-state index contributed by atoms with van der Waals surface area (Å²) in [5, 5.41) is 17.8. The lowest BCUT2D eigenvalue weighted by Gasteiger charge is -2.13. The fourth-order valence-electron chi connectivity index (χ4n) is 6.23. The molecular weight excluding hydrogens is 601 g/mol. The van der Waals surface area contributed by atoms with Crippen LogP contribution in [0.15, 0.2) is 118 Å². The molecule has 0 bridgehead atoms. The normalized spacial score (nSPS) is 13.8. The monoisotopic (exact) mass is 641 g/mol. The van der Waals surface area contributed by atoms with E-state index in [0.29, 0.717) is 12.1 Å². The maximum Gasteiger partial charge on any atom is 0.315 e. The van der Waals surface area contributed by atoms with E-state index in [2.05, 4.69) is 77.8 Å². The van der Waals surface area contributed by atoms with Gasteiger partial charge < -0.3 is 10.0 Å². The number of primary amides is 1. The SMILES string of the molecule is Cc1cc(C=C2Sc3ccccc3N2C)cc(C)[n+]1CCCCCC(=O)[NH2+]c1ccc(N=C([O-])Cc2cccc3ccccc23)cc1. The smallest absolute Gasteiger partial charge is 0.315 e. The summed E-state index contributed by atoms with van der Waals surface area (Å²) in [5.74, 6) is -0.0654. The zero-order chi connectivity index (χ0) is 32.8. The van der Waals surface area contributed by atoms with Crippen molar-refractivity contribution in [1.29, 1.82) is 0 Å². The quantitative estimate of drug-likeness (QED) is 0.0560. The molecule has 0 unspecified atom stereocenters. The third kappa shape index (κ3) is 7.99. The molecule has 47 heavy (non-hydrogen) atoms. The van der Waals surface area contributed by atoms with Crippen LogP contribution in [0.2, 0.25) is 0 Å². The van der Waals surface area contributed by atoms with Crippen molar-refractivity contribution >= 4 is 57.5 Å². The molecule has 6 nitrogen and oxygen atoms in total.